The first-order valence-electron chi connectivity index (χ1n) is 5.83. The van der Waals surface area contributed by atoms with Crippen molar-refractivity contribution in [2.75, 3.05) is 6.61 Å². The van der Waals surface area contributed by atoms with Gasteiger partial charge in [0.2, 0.25) is 0 Å². The molecule has 1 aliphatic heterocycles. The van der Waals surface area contributed by atoms with Gasteiger partial charge in [0.05, 0.1) is 12.6 Å². The quantitative estimate of drug-likeness (QED) is 0.663. The van der Waals surface area contributed by atoms with E-state index >= 15 is 0 Å². The van der Waals surface area contributed by atoms with Crippen LogP contribution in [0.1, 0.15) is 18.4 Å². The van der Waals surface area contributed by atoms with Gasteiger partial charge in [0.25, 0.3) is 0 Å². The van der Waals surface area contributed by atoms with Gasteiger partial charge >= 0.3 is 0 Å². The Morgan fingerprint density at radius 2 is 2.35 bits per heavy atom. The lowest BCUT2D eigenvalue weighted by Crippen LogP contribution is -2.39. The van der Waals surface area contributed by atoms with E-state index in [0.29, 0.717) is 0 Å². The fourth-order valence-corrected chi connectivity index (χ4v) is 2.41. The van der Waals surface area contributed by atoms with Gasteiger partial charge in [-0.2, -0.15) is 0 Å². The van der Waals surface area contributed by atoms with E-state index in [9.17, 15) is 0 Å². The Labute approximate surface area is 110 Å². The van der Waals surface area contributed by atoms with E-state index in [1.54, 1.807) is 0 Å². The molecule has 0 spiro atoms. The Morgan fingerprint density at radius 3 is 3.00 bits per heavy atom. The maximum atomic E-state index is 5.64. The third kappa shape index (κ3) is 3.56. The van der Waals surface area contributed by atoms with Crippen molar-refractivity contribution >= 4 is 15.9 Å². The summed E-state index contributed by atoms with van der Waals surface area (Å²) in [5.41, 5.74) is 4.06. The maximum absolute atomic E-state index is 5.64. The van der Waals surface area contributed by atoms with Gasteiger partial charge in [-0.1, -0.05) is 28.1 Å². The minimum atomic E-state index is 0.0598. The van der Waals surface area contributed by atoms with Crippen LogP contribution >= 0.6 is 15.9 Å². The third-order valence-electron chi connectivity index (χ3n) is 2.84. The minimum Gasteiger partial charge on any atom is -0.497 e. The highest BCUT2D eigenvalue weighted by Gasteiger charge is 2.16. The lowest BCUT2D eigenvalue weighted by atomic mass is 10.0. The highest BCUT2D eigenvalue weighted by molar-refractivity contribution is 9.10. The van der Waals surface area contributed by atoms with E-state index in [1.807, 2.05) is 12.1 Å². The Balaban J connectivity index is 2.06. The molecule has 0 aliphatic carbocycles. The molecule has 0 aromatic heterocycles. The zero-order valence-electron chi connectivity index (χ0n) is 9.66. The Bertz CT molecular complexity index is 406. The van der Waals surface area contributed by atoms with Crippen molar-refractivity contribution in [2.24, 2.45) is 5.84 Å². The molecule has 0 bridgehead atoms. The molecular formula is C13H17BrN2O. The van der Waals surface area contributed by atoms with Gasteiger partial charge in [-0.25, -0.2) is 5.43 Å². The Kier molecular flexibility index (Phi) is 4.59. The van der Waals surface area contributed by atoms with Crippen LogP contribution < -0.4 is 11.3 Å². The summed E-state index contributed by atoms with van der Waals surface area (Å²) in [4.78, 5) is 0. The number of hydrazine groups is 1. The third-order valence-corrected chi connectivity index (χ3v) is 3.33. The first-order chi connectivity index (χ1) is 8.29. The van der Waals surface area contributed by atoms with Gasteiger partial charge in [-0.15, -0.1) is 0 Å². The summed E-state index contributed by atoms with van der Waals surface area (Å²) in [5, 5.41) is 0. The van der Waals surface area contributed by atoms with Crippen LogP contribution in [0, 0.1) is 0 Å². The number of ether oxygens (including phenoxy) is 1. The number of rotatable bonds is 4. The zero-order valence-corrected chi connectivity index (χ0v) is 11.2. The average molecular weight is 297 g/mol. The standard InChI is InChI=1S/C13H17BrN2O/c14-11-5-3-4-10(8-11)9-12(16-15)13-6-1-2-7-17-13/h3-6,8,12,16H,1-2,7,9,15H2. The second kappa shape index (κ2) is 6.19. The van der Waals surface area contributed by atoms with E-state index in [4.69, 9.17) is 10.6 Å². The van der Waals surface area contributed by atoms with E-state index in [-0.39, 0.29) is 6.04 Å². The molecule has 1 heterocycles. The zero-order chi connectivity index (χ0) is 12.1. The van der Waals surface area contributed by atoms with Crippen molar-refractivity contribution in [2.45, 2.75) is 25.3 Å². The number of halogens is 1. The van der Waals surface area contributed by atoms with Crippen LogP contribution in [-0.4, -0.2) is 12.6 Å². The van der Waals surface area contributed by atoms with Crippen molar-refractivity contribution in [3.8, 4) is 0 Å². The number of nitrogens with one attached hydrogen (secondary N) is 1. The largest absolute Gasteiger partial charge is 0.497 e. The highest BCUT2D eigenvalue weighted by atomic mass is 79.9. The molecule has 3 nitrogen and oxygen atoms in total. The summed E-state index contributed by atoms with van der Waals surface area (Å²) in [6.45, 7) is 0.794. The number of benzene rings is 1. The van der Waals surface area contributed by atoms with Gasteiger partial charge in [0.1, 0.15) is 5.76 Å². The van der Waals surface area contributed by atoms with Gasteiger partial charge in [-0.05, 0) is 43.0 Å². The monoisotopic (exact) mass is 296 g/mol. The molecule has 4 heteroatoms. The summed E-state index contributed by atoms with van der Waals surface area (Å²) < 4.78 is 6.73. The van der Waals surface area contributed by atoms with Crippen LogP contribution in [-0.2, 0) is 11.2 Å². The summed E-state index contributed by atoms with van der Waals surface area (Å²) in [5.74, 6) is 6.58. The number of allylic oxidation sites excluding steroid dienone is 1. The molecule has 92 valence electrons. The summed E-state index contributed by atoms with van der Waals surface area (Å²) in [7, 11) is 0. The SMILES string of the molecule is NNC(Cc1cccc(Br)c1)C1=CCCCO1. The molecule has 1 unspecified atom stereocenters. The van der Waals surface area contributed by atoms with Crippen LogP contribution in [0.4, 0.5) is 0 Å². The van der Waals surface area contributed by atoms with Crippen molar-refractivity contribution in [1.82, 2.24) is 5.43 Å². The van der Waals surface area contributed by atoms with Crippen LogP contribution in [0.25, 0.3) is 0 Å². The molecule has 3 N–H and O–H groups in total. The Hall–Kier alpha value is -0.840. The van der Waals surface area contributed by atoms with Gasteiger partial charge in [0, 0.05) is 4.47 Å². The van der Waals surface area contributed by atoms with Crippen LogP contribution in [0.5, 0.6) is 0 Å². The average Bonchev–Trinajstić information content (AvgIpc) is 2.37. The summed E-state index contributed by atoms with van der Waals surface area (Å²) >= 11 is 3.47. The first-order valence-corrected chi connectivity index (χ1v) is 6.62. The minimum absolute atomic E-state index is 0.0598. The van der Waals surface area contributed by atoms with E-state index < -0.39 is 0 Å². The molecule has 1 aromatic carbocycles. The van der Waals surface area contributed by atoms with Gasteiger partial charge < -0.3 is 4.74 Å². The summed E-state index contributed by atoms with van der Waals surface area (Å²) in [6, 6.07) is 8.31. The molecule has 0 saturated carbocycles. The van der Waals surface area contributed by atoms with E-state index in [2.05, 4.69) is 39.6 Å². The molecule has 0 saturated heterocycles. The molecular weight excluding hydrogens is 280 g/mol. The molecule has 0 amide bonds. The second-order valence-corrected chi connectivity index (χ2v) is 5.07. The van der Waals surface area contributed by atoms with Crippen LogP contribution in [0.15, 0.2) is 40.6 Å². The lowest BCUT2D eigenvalue weighted by molar-refractivity contribution is 0.167. The summed E-state index contributed by atoms with van der Waals surface area (Å²) in [6.07, 6.45) is 5.14. The normalized spacial score (nSPS) is 17.2. The smallest absolute Gasteiger partial charge is 0.111 e. The van der Waals surface area contributed by atoms with Crippen molar-refractivity contribution in [3.05, 3.63) is 46.1 Å². The van der Waals surface area contributed by atoms with Crippen LogP contribution in [0.2, 0.25) is 0 Å². The predicted molar refractivity (Wildman–Crippen MR) is 72.2 cm³/mol. The van der Waals surface area contributed by atoms with E-state index in [0.717, 1.165) is 36.1 Å². The van der Waals surface area contributed by atoms with Crippen LogP contribution in [0.3, 0.4) is 0 Å². The Morgan fingerprint density at radius 1 is 1.47 bits per heavy atom. The number of hydrogen-bond acceptors (Lipinski definition) is 3. The fourth-order valence-electron chi connectivity index (χ4n) is 1.96. The van der Waals surface area contributed by atoms with Crippen molar-refractivity contribution in [1.29, 1.82) is 0 Å². The topological polar surface area (TPSA) is 47.3 Å². The maximum Gasteiger partial charge on any atom is 0.111 e. The van der Waals surface area contributed by atoms with Gasteiger partial charge in [0.15, 0.2) is 0 Å². The highest BCUT2D eigenvalue weighted by Crippen LogP contribution is 2.18. The molecule has 2 rings (SSSR count). The predicted octanol–water partition coefficient (Wildman–Crippen LogP) is 2.52. The molecule has 1 atom stereocenters. The van der Waals surface area contributed by atoms with Crippen molar-refractivity contribution in [3.63, 3.8) is 0 Å². The second-order valence-electron chi connectivity index (χ2n) is 4.15. The van der Waals surface area contributed by atoms with Crippen molar-refractivity contribution < 1.29 is 4.74 Å². The van der Waals surface area contributed by atoms with Gasteiger partial charge in [-0.3, -0.25) is 5.84 Å². The molecule has 17 heavy (non-hydrogen) atoms. The van der Waals surface area contributed by atoms with E-state index in [1.165, 1.54) is 5.56 Å². The molecule has 0 radical (unpaired) electrons. The number of hydrogen-bond donors (Lipinski definition) is 2. The fraction of sp³-hybridized carbons (Fsp3) is 0.385. The molecule has 1 aromatic rings. The first kappa shape index (κ1) is 12.6. The molecule has 0 fully saturated rings. The number of nitrogens with two attached hydrogens (primary N) is 1. The molecule has 1 aliphatic rings. The lowest BCUT2D eigenvalue weighted by Gasteiger charge is -2.23.